The number of anilines is 1. The second-order valence-corrected chi connectivity index (χ2v) is 9.25. The van der Waals surface area contributed by atoms with Gasteiger partial charge >= 0.3 is 40.7 Å². The molecule has 4 heterocycles. The number of carboxylic acids is 1. The molecule has 2 aliphatic rings. The summed E-state index contributed by atoms with van der Waals surface area (Å²) in [6.45, 7) is -1.26. The number of nitrogens with one attached hydrogen (secondary N) is 3. The number of rotatable bonds is 9. The first-order valence-electron chi connectivity index (χ1n) is 10.1. The number of aliphatic carboxylic acids is 1. The van der Waals surface area contributed by atoms with Gasteiger partial charge in [-0.1, -0.05) is 16.9 Å². The van der Waals surface area contributed by atoms with E-state index in [4.69, 9.17) is 10.6 Å². The van der Waals surface area contributed by atoms with Crippen molar-refractivity contribution in [1.82, 2.24) is 30.4 Å². The minimum Gasteiger partial charge on any atom is -0.543 e. The molecular formula is C18H16FN8NaO7S2. The number of thiazole rings is 1. The normalized spacial score (nSPS) is 19.0. The number of fused-ring (bicyclic) bond motifs is 1. The quantitative estimate of drug-likeness (QED) is 0.0562. The number of amides is 2. The number of hydrogen-bond acceptors (Lipinski definition) is 13. The summed E-state index contributed by atoms with van der Waals surface area (Å²) in [6.07, 6.45) is 0.388. The number of oxime groups is 1. The van der Waals surface area contributed by atoms with Crippen molar-refractivity contribution in [3.63, 3.8) is 0 Å². The third-order valence-electron chi connectivity index (χ3n) is 5.08. The molecule has 4 rings (SSSR count). The number of nitrogens with zero attached hydrogens (tertiary/aromatic N) is 4. The Morgan fingerprint density at radius 2 is 2.14 bits per heavy atom. The Labute approximate surface area is 236 Å². The zero-order chi connectivity index (χ0) is 26.0. The Morgan fingerprint density at radius 1 is 1.38 bits per heavy atom. The molecule has 2 amide bonds. The van der Waals surface area contributed by atoms with Crippen LogP contribution in [0.1, 0.15) is 18.5 Å². The Kier molecular flexibility index (Phi) is 9.24. The monoisotopic (exact) mass is 562 g/mol. The number of H-pyrrole nitrogens is 2. The van der Waals surface area contributed by atoms with Crippen LogP contribution in [0.5, 0.6) is 0 Å². The predicted molar refractivity (Wildman–Crippen MR) is 120 cm³/mol. The van der Waals surface area contributed by atoms with E-state index in [1.54, 1.807) is 0 Å². The fraction of sp³-hybridized carbons (Fsp3) is 0.333. The molecule has 19 heteroatoms. The molecule has 15 nitrogen and oxygen atoms in total. The summed E-state index contributed by atoms with van der Waals surface area (Å²) in [5.41, 5.74) is 2.92. The molecule has 0 unspecified atom stereocenters. The van der Waals surface area contributed by atoms with Gasteiger partial charge in [-0.15, -0.1) is 16.4 Å². The van der Waals surface area contributed by atoms with Crippen LogP contribution in [0.3, 0.4) is 0 Å². The fourth-order valence-corrected chi connectivity index (χ4v) is 5.09. The van der Waals surface area contributed by atoms with E-state index < -0.39 is 60.0 Å². The molecule has 2 aliphatic heterocycles. The summed E-state index contributed by atoms with van der Waals surface area (Å²) in [7, 11) is 0. The number of carboxylic acid groups (broad SMARTS) is 1. The number of nitrogens with two attached hydrogens (primary N) is 1. The number of aromatic amines is 2. The second-order valence-electron chi connectivity index (χ2n) is 7.27. The number of halogens is 1. The molecule has 37 heavy (non-hydrogen) atoms. The van der Waals surface area contributed by atoms with E-state index in [2.05, 4.69) is 25.5 Å². The minimum absolute atomic E-state index is 0. The molecule has 2 atom stereocenters. The van der Waals surface area contributed by atoms with Gasteiger partial charge in [-0.3, -0.25) is 24.2 Å². The van der Waals surface area contributed by atoms with Gasteiger partial charge in [0.25, 0.3) is 11.8 Å². The molecule has 0 radical (unpaired) electrons. The fourth-order valence-electron chi connectivity index (χ4n) is 3.57. The maximum absolute atomic E-state index is 12.9. The molecule has 0 spiro atoms. The van der Waals surface area contributed by atoms with Crippen molar-refractivity contribution in [1.29, 1.82) is 0 Å². The van der Waals surface area contributed by atoms with Crippen LogP contribution in [0.25, 0.3) is 0 Å². The van der Waals surface area contributed by atoms with Crippen molar-refractivity contribution < 1.29 is 58.3 Å². The summed E-state index contributed by atoms with van der Waals surface area (Å²) < 4.78 is 12.4. The summed E-state index contributed by atoms with van der Waals surface area (Å²) in [4.78, 5) is 72.4. The van der Waals surface area contributed by atoms with E-state index in [-0.39, 0.29) is 69.0 Å². The SMILES string of the molecule is Nc1nc(/C(=N\OCCF)C(=O)N[C@@H]2C(=O)N3C(C(=O)[O-])=C(Sc4n[nH]c(=O)c(=O)[nH]4)CC[C@H]23)cs1.[Na+]. The number of hydrogen-bond donors (Lipinski definition) is 4. The third kappa shape index (κ3) is 5.93. The van der Waals surface area contributed by atoms with Crippen molar-refractivity contribution >= 4 is 51.7 Å². The number of thioether (sulfide) groups is 1. The molecule has 0 bridgehead atoms. The van der Waals surface area contributed by atoms with Gasteiger partial charge in [0.2, 0.25) is 0 Å². The minimum atomic E-state index is -1.65. The van der Waals surface area contributed by atoms with Crippen molar-refractivity contribution in [3.05, 3.63) is 42.4 Å². The van der Waals surface area contributed by atoms with Crippen LogP contribution in [0, 0.1) is 0 Å². The maximum atomic E-state index is 12.9. The van der Waals surface area contributed by atoms with Gasteiger partial charge in [0.1, 0.15) is 25.0 Å². The molecule has 2 aromatic rings. The van der Waals surface area contributed by atoms with E-state index in [0.717, 1.165) is 28.0 Å². The predicted octanol–water partition coefficient (Wildman–Crippen LogP) is -5.57. The zero-order valence-electron chi connectivity index (χ0n) is 19.0. The first kappa shape index (κ1) is 28.5. The standard InChI is InChI=1S/C18H17FN8O7S2.Na/c19-3-4-34-26-9(6-5-35-17(20)21-6)12(28)22-10-7-1-2-8(11(16(32)33)27(7)15(10)31)36-18-23-13(29)14(30)24-25-18;/h5,7,10H,1-4H2,(H2,20,21)(H,22,28)(H,24,30)(H,32,33)(H,23,25,29);/q;+1/p-1/b26-9+;/t7-,10+;/m1./s1. The van der Waals surface area contributed by atoms with Gasteiger partial charge in [0.15, 0.2) is 16.0 Å². The molecule has 190 valence electrons. The number of allylic oxidation sites excluding steroid dienone is 1. The summed E-state index contributed by atoms with van der Waals surface area (Å²) in [5.74, 6) is -3.23. The number of carbonyl (C=O) groups is 3. The maximum Gasteiger partial charge on any atom is 1.00 e. The van der Waals surface area contributed by atoms with Gasteiger partial charge in [-0.25, -0.2) is 14.5 Å². The van der Waals surface area contributed by atoms with Crippen LogP contribution >= 0.6 is 23.1 Å². The van der Waals surface area contributed by atoms with Crippen molar-refractivity contribution in [2.24, 2.45) is 5.16 Å². The van der Waals surface area contributed by atoms with Crippen LogP contribution in [-0.4, -0.2) is 73.9 Å². The molecule has 2 aromatic heterocycles. The molecule has 0 aliphatic carbocycles. The van der Waals surface area contributed by atoms with E-state index in [1.165, 1.54) is 5.38 Å². The third-order valence-corrected chi connectivity index (χ3v) is 6.79. The first-order chi connectivity index (χ1) is 17.2. The van der Waals surface area contributed by atoms with Crippen molar-refractivity contribution in [2.75, 3.05) is 19.0 Å². The Morgan fingerprint density at radius 3 is 2.76 bits per heavy atom. The van der Waals surface area contributed by atoms with Crippen LogP contribution < -0.4 is 56.8 Å². The van der Waals surface area contributed by atoms with E-state index in [0.29, 0.717) is 0 Å². The molecule has 0 aromatic carbocycles. The summed E-state index contributed by atoms with van der Waals surface area (Å²) >= 11 is 1.78. The number of alkyl halides is 1. The number of carbonyl (C=O) groups excluding carboxylic acids is 3. The smallest absolute Gasteiger partial charge is 0.543 e. The van der Waals surface area contributed by atoms with E-state index in [1.807, 2.05) is 5.10 Å². The average molecular weight is 562 g/mol. The van der Waals surface area contributed by atoms with Gasteiger partial charge in [-0.2, -0.15) is 0 Å². The van der Waals surface area contributed by atoms with Gasteiger partial charge < -0.3 is 30.7 Å². The summed E-state index contributed by atoms with van der Waals surface area (Å²) in [5, 5.41) is 25.1. The second kappa shape index (κ2) is 12.0. The number of aromatic nitrogens is 4. The molecule has 5 N–H and O–H groups in total. The zero-order valence-corrected chi connectivity index (χ0v) is 22.6. The summed E-state index contributed by atoms with van der Waals surface area (Å²) in [6, 6.07) is -1.80. The van der Waals surface area contributed by atoms with Crippen LogP contribution in [0.4, 0.5) is 9.52 Å². The molecule has 0 saturated carbocycles. The largest absolute Gasteiger partial charge is 1.00 e. The van der Waals surface area contributed by atoms with Crippen molar-refractivity contribution in [2.45, 2.75) is 30.1 Å². The molecule has 1 saturated heterocycles. The first-order valence-corrected chi connectivity index (χ1v) is 11.8. The van der Waals surface area contributed by atoms with Crippen LogP contribution in [-0.2, 0) is 19.2 Å². The van der Waals surface area contributed by atoms with Gasteiger partial charge in [-0.05, 0) is 12.8 Å². The average Bonchev–Trinajstić information content (AvgIpc) is 3.27. The number of nitrogen functional groups attached to an aromatic ring is 1. The van der Waals surface area contributed by atoms with Gasteiger partial charge in [0, 0.05) is 10.3 Å². The topological polar surface area (TPSA) is 229 Å². The van der Waals surface area contributed by atoms with Crippen LogP contribution in [0.2, 0.25) is 0 Å². The van der Waals surface area contributed by atoms with Crippen molar-refractivity contribution in [3.8, 4) is 0 Å². The van der Waals surface area contributed by atoms with Gasteiger partial charge in [0.05, 0.1) is 17.7 Å². The Bertz CT molecular complexity index is 1410. The van der Waals surface area contributed by atoms with Crippen LogP contribution in [0.15, 0.2) is 35.9 Å². The van der Waals surface area contributed by atoms with E-state index in [9.17, 15) is 33.5 Å². The molecular weight excluding hydrogens is 546 g/mol. The van der Waals surface area contributed by atoms with E-state index >= 15 is 0 Å². The Hall–Kier alpha value is -3.06. The number of β-lactam (4-membered cyclic amide) rings is 1. The molecule has 1 fully saturated rings. The Balaban J connectivity index is 0.00000380.